The fourth-order valence-corrected chi connectivity index (χ4v) is 3.40. The van der Waals surface area contributed by atoms with E-state index in [1.165, 1.54) is 0 Å². The van der Waals surface area contributed by atoms with Crippen LogP contribution in [-0.2, 0) is 4.79 Å². The van der Waals surface area contributed by atoms with E-state index in [1.54, 1.807) is 6.92 Å². The fourth-order valence-electron chi connectivity index (χ4n) is 3.40. The van der Waals surface area contributed by atoms with Crippen LogP contribution >= 0.6 is 0 Å². The number of rotatable bonds is 6. The number of carbonyl (C=O) groups is 1. The molecule has 0 fully saturated rings. The molecule has 2 aromatic heterocycles. The van der Waals surface area contributed by atoms with Crippen molar-refractivity contribution in [3.8, 4) is 28.4 Å². The number of fused-ring (bicyclic) bond motifs is 1. The third kappa shape index (κ3) is 3.91. The minimum Gasteiger partial charge on any atom is -0.481 e. The van der Waals surface area contributed by atoms with Crippen molar-refractivity contribution in [2.24, 2.45) is 0 Å². The molecule has 1 unspecified atom stereocenters. The molecule has 158 valence electrons. The van der Waals surface area contributed by atoms with Crippen LogP contribution in [0.5, 0.6) is 5.75 Å². The van der Waals surface area contributed by atoms with Gasteiger partial charge in [0.05, 0.1) is 11.2 Å². The molecule has 9 heteroatoms. The Morgan fingerprint density at radius 2 is 1.84 bits per heavy atom. The zero-order valence-corrected chi connectivity index (χ0v) is 17.1. The Labute approximate surface area is 182 Å². The van der Waals surface area contributed by atoms with Gasteiger partial charge in [0.1, 0.15) is 5.75 Å². The van der Waals surface area contributed by atoms with Gasteiger partial charge in [-0.15, -0.1) is 10.2 Å². The van der Waals surface area contributed by atoms with Gasteiger partial charge in [-0.25, -0.2) is 0 Å². The van der Waals surface area contributed by atoms with E-state index in [-0.39, 0.29) is 5.91 Å². The topological polar surface area (TPSA) is 121 Å². The highest BCUT2D eigenvalue weighted by molar-refractivity contribution is 5.97. The van der Waals surface area contributed by atoms with E-state index in [0.29, 0.717) is 17.3 Å². The molecule has 0 bridgehead atoms. The number of carbonyl (C=O) groups excluding carboxylic acids is 1. The predicted octanol–water partition coefficient (Wildman–Crippen LogP) is 3.82. The van der Waals surface area contributed by atoms with Crippen LogP contribution < -0.4 is 10.1 Å². The molecule has 3 aromatic carbocycles. The monoisotopic (exact) mass is 425 g/mol. The number of hydrogen-bond acceptors (Lipinski definition) is 6. The van der Waals surface area contributed by atoms with Crippen LogP contribution in [0.2, 0.25) is 0 Å². The van der Waals surface area contributed by atoms with Crippen LogP contribution in [0, 0.1) is 0 Å². The smallest absolute Gasteiger partial charge is 0.265 e. The van der Waals surface area contributed by atoms with E-state index in [2.05, 4.69) is 36.1 Å². The highest BCUT2D eigenvalue weighted by atomic mass is 16.5. The summed E-state index contributed by atoms with van der Waals surface area (Å²) in [5.74, 6) is 0.911. The van der Waals surface area contributed by atoms with Crippen molar-refractivity contribution in [3.05, 3.63) is 72.8 Å². The maximum atomic E-state index is 12.6. The number of aromatic nitrogens is 6. The summed E-state index contributed by atoms with van der Waals surface area (Å²) in [4.78, 5) is 12.6. The van der Waals surface area contributed by atoms with E-state index in [1.807, 2.05) is 72.8 Å². The summed E-state index contributed by atoms with van der Waals surface area (Å²) in [6, 6.07) is 22.6. The second-order valence-corrected chi connectivity index (χ2v) is 7.21. The van der Waals surface area contributed by atoms with Crippen LogP contribution in [0.3, 0.4) is 0 Å². The fraction of sp³-hybridized carbons (Fsp3) is 0.0870. The number of nitrogens with one attached hydrogen (secondary N) is 3. The van der Waals surface area contributed by atoms with Crippen LogP contribution in [0.1, 0.15) is 6.92 Å². The van der Waals surface area contributed by atoms with Crippen molar-refractivity contribution >= 4 is 22.5 Å². The standard InChI is InChI=1S/C23H19N7O2/c1-14(32-18-8-3-2-4-9-18)23(31)24-17-7-5-6-15(12-17)21-19-13-16(22-27-29-30-28-22)10-11-20(19)25-26-21/h2-14H,1H3,(H,24,31)(H,25,26)(H,27,28,29,30). The van der Waals surface area contributed by atoms with Crippen LogP contribution in [-0.4, -0.2) is 42.8 Å². The van der Waals surface area contributed by atoms with Crippen molar-refractivity contribution in [1.82, 2.24) is 30.8 Å². The lowest BCUT2D eigenvalue weighted by molar-refractivity contribution is -0.122. The van der Waals surface area contributed by atoms with Gasteiger partial charge in [0, 0.05) is 22.2 Å². The Hall–Kier alpha value is -4.53. The molecule has 0 aliphatic rings. The maximum Gasteiger partial charge on any atom is 0.265 e. The lowest BCUT2D eigenvalue weighted by Crippen LogP contribution is -2.30. The van der Waals surface area contributed by atoms with Gasteiger partial charge in [-0.1, -0.05) is 30.3 Å². The van der Waals surface area contributed by atoms with Gasteiger partial charge in [0.25, 0.3) is 5.91 Å². The molecule has 0 radical (unpaired) electrons. The molecule has 0 spiro atoms. The third-order valence-electron chi connectivity index (χ3n) is 5.00. The summed E-state index contributed by atoms with van der Waals surface area (Å²) in [7, 11) is 0. The molecule has 3 N–H and O–H groups in total. The lowest BCUT2D eigenvalue weighted by Gasteiger charge is -2.15. The maximum absolute atomic E-state index is 12.6. The number of aromatic amines is 2. The third-order valence-corrected chi connectivity index (χ3v) is 5.00. The Balaban J connectivity index is 1.39. The summed E-state index contributed by atoms with van der Waals surface area (Å²) >= 11 is 0. The number of para-hydroxylation sites is 1. The van der Waals surface area contributed by atoms with E-state index >= 15 is 0 Å². The summed E-state index contributed by atoms with van der Waals surface area (Å²) < 4.78 is 5.71. The molecule has 32 heavy (non-hydrogen) atoms. The normalized spacial score (nSPS) is 11.9. The number of H-pyrrole nitrogens is 2. The van der Waals surface area contributed by atoms with Crippen molar-refractivity contribution < 1.29 is 9.53 Å². The average molecular weight is 425 g/mol. The highest BCUT2D eigenvalue weighted by Crippen LogP contribution is 2.30. The molecule has 0 aliphatic carbocycles. The Bertz CT molecular complexity index is 1360. The van der Waals surface area contributed by atoms with Crippen molar-refractivity contribution in [2.45, 2.75) is 13.0 Å². The molecular weight excluding hydrogens is 406 g/mol. The van der Waals surface area contributed by atoms with Crippen molar-refractivity contribution in [3.63, 3.8) is 0 Å². The van der Waals surface area contributed by atoms with Crippen molar-refractivity contribution in [2.75, 3.05) is 5.32 Å². The van der Waals surface area contributed by atoms with E-state index in [4.69, 9.17) is 4.74 Å². The van der Waals surface area contributed by atoms with Gasteiger partial charge in [-0.05, 0) is 54.6 Å². The molecular formula is C23H19N7O2. The summed E-state index contributed by atoms with van der Waals surface area (Å²) in [6.45, 7) is 1.72. The molecule has 0 aliphatic heterocycles. The Kier molecular flexibility index (Phi) is 5.04. The quantitative estimate of drug-likeness (QED) is 0.380. The molecule has 2 heterocycles. The SMILES string of the molecule is CC(Oc1ccccc1)C(=O)Nc1cccc(-c2n[nH]c3ccc(-c4nn[nH]n4)cc23)c1. The zero-order chi connectivity index (χ0) is 21.9. The van der Waals surface area contributed by atoms with Gasteiger partial charge in [0.2, 0.25) is 5.82 Å². The highest BCUT2D eigenvalue weighted by Gasteiger charge is 2.16. The number of anilines is 1. The second kappa shape index (κ2) is 8.31. The zero-order valence-electron chi connectivity index (χ0n) is 17.1. The summed E-state index contributed by atoms with van der Waals surface area (Å²) in [5.41, 5.74) is 3.98. The number of nitrogens with zero attached hydrogens (tertiary/aromatic N) is 4. The molecule has 5 rings (SSSR count). The van der Waals surface area contributed by atoms with Gasteiger partial charge < -0.3 is 10.1 Å². The second-order valence-electron chi connectivity index (χ2n) is 7.21. The number of hydrogen-bond donors (Lipinski definition) is 3. The molecule has 5 aromatic rings. The first-order valence-electron chi connectivity index (χ1n) is 10.0. The first-order chi connectivity index (χ1) is 15.7. The molecule has 9 nitrogen and oxygen atoms in total. The largest absolute Gasteiger partial charge is 0.481 e. The Morgan fingerprint density at radius 1 is 0.969 bits per heavy atom. The van der Waals surface area contributed by atoms with Gasteiger partial charge >= 0.3 is 0 Å². The van der Waals surface area contributed by atoms with E-state index in [0.717, 1.165) is 27.7 Å². The molecule has 1 amide bonds. The molecule has 0 saturated carbocycles. The first kappa shape index (κ1) is 19.4. The minimum absolute atomic E-state index is 0.239. The van der Waals surface area contributed by atoms with Gasteiger partial charge in [-0.2, -0.15) is 10.3 Å². The van der Waals surface area contributed by atoms with Crippen molar-refractivity contribution in [1.29, 1.82) is 0 Å². The lowest BCUT2D eigenvalue weighted by atomic mass is 10.0. The first-order valence-corrected chi connectivity index (χ1v) is 10.0. The predicted molar refractivity (Wildman–Crippen MR) is 120 cm³/mol. The van der Waals surface area contributed by atoms with Gasteiger partial charge in [0.15, 0.2) is 6.10 Å². The minimum atomic E-state index is -0.648. The van der Waals surface area contributed by atoms with E-state index in [9.17, 15) is 4.79 Å². The molecule has 1 atom stereocenters. The van der Waals surface area contributed by atoms with Crippen LogP contribution in [0.4, 0.5) is 5.69 Å². The number of tetrazole rings is 1. The number of ether oxygens (including phenoxy) is 1. The van der Waals surface area contributed by atoms with Crippen LogP contribution in [0.15, 0.2) is 72.8 Å². The summed E-state index contributed by atoms with van der Waals surface area (Å²) in [5, 5.41) is 25.5. The summed E-state index contributed by atoms with van der Waals surface area (Å²) in [6.07, 6.45) is -0.648. The Morgan fingerprint density at radius 3 is 2.66 bits per heavy atom. The van der Waals surface area contributed by atoms with Crippen LogP contribution in [0.25, 0.3) is 33.5 Å². The van der Waals surface area contributed by atoms with E-state index < -0.39 is 6.10 Å². The number of amides is 1. The molecule has 0 saturated heterocycles. The number of benzene rings is 3. The van der Waals surface area contributed by atoms with Gasteiger partial charge in [-0.3, -0.25) is 9.89 Å². The average Bonchev–Trinajstić information content (AvgIpc) is 3.50.